The fraction of sp³-hybridized carbons (Fsp3) is 0.161. The van der Waals surface area contributed by atoms with Crippen molar-refractivity contribution in [2.45, 2.75) is 20.4 Å². The minimum absolute atomic E-state index is 0.0167. The summed E-state index contributed by atoms with van der Waals surface area (Å²) in [5, 5.41) is 5.95. The number of carbonyl (C=O) groups is 4. The van der Waals surface area contributed by atoms with Crippen molar-refractivity contribution in [1.29, 1.82) is 0 Å². The minimum atomic E-state index is -0.543. The van der Waals surface area contributed by atoms with E-state index >= 15 is 0 Å². The molecule has 1 saturated heterocycles. The summed E-state index contributed by atoms with van der Waals surface area (Å²) < 4.78 is 12.5. The van der Waals surface area contributed by atoms with E-state index in [9.17, 15) is 19.2 Å². The number of fused-ring (bicyclic) bond motifs is 2. The third-order valence-electron chi connectivity index (χ3n) is 6.92. The number of imide groups is 1. The minimum Gasteiger partial charge on any atom is -0.454 e. The van der Waals surface area contributed by atoms with Crippen molar-refractivity contribution >= 4 is 63.1 Å². The first-order valence-electron chi connectivity index (χ1n) is 13.1. The van der Waals surface area contributed by atoms with Gasteiger partial charge in [-0.3, -0.25) is 24.1 Å². The molecule has 212 valence electrons. The summed E-state index contributed by atoms with van der Waals surface area (Å²) in [5.41, 5.74) is 4.54. The van der Waals surface area contributed by atoms with Crippen molar-refractivity contribution in [3.63, 3.8) is 0 Å². The largest absolute Gasteiger partial charge is 0.454 e. The van der Waals surface area contributed by atoms with Crippen molar-refractivity contribution < 1.29 is 28.7 Å². The second kappa shape index (κ2) is 11.1. The molecule has 0 bridgehead atoms. The molecule has 42 heavy (non-hydrogen) atoms. The van der Waals surface area contributed by atoms with E-state index in [0.717, 1.165) is 38.7 Å². The Morgan fingerprint density at radius 2 is 1.71 bits per heavy atom. The van der Waals surface area contributed by atoms with E-state index in [0.29, 0.717) is 28.4 Å². The van der Waals surface area contributed by atoms with Gasteiger partial charge in [0.05, 0.1) is 4.91 Å². The second-order valence-corrected chi connectivity index (χ2v) is 11.0. The summed E-state index contributed by atoms with van der Waals surface area (Å²) in [4.78, 5) is 52.7. The van der Waals surface area contributed by atoms with Crippen molar-refractivity contribution in [1.82, 2.24) is 9.47 Å². The molecule has 11 heteroatoms. The highest BCUT2D eigenvalue weighted by Crippen LogP contribution is 2.35. The van der Waals surface area contributed by atoms with Gasteiger partial charge in [0.1, 0.15) is 13.1 Å². The zero-order chi connectivity index (χ0) is 29.4. The third-order valence-corrected chi connectivity index (χ3v) is 7.83. The van der Waals surface area contributed by atoms with Crippen LogP contribution in [0, 0.1) is 13.8 Å². The van der Waals surface area contributed by atoms with E-state index < -0.39 is 23.6 Å². The Bertz CT molecular complexity index is 1810. The smallest absolute Gasteiger partial charge is 0.294 e. The number of ether oxygens (including phenoxy) is 2. The van der Waals surface area contributed by atoms with Gasteiger partial charge in [0, 0.05) is 40.1 Å². The molecule has 10 nitrogen and oxygen atoms in total. The number of nitrogens with zero attached hydrogens (tertiary/aromatic N) is 2. The first kappa shape index (κ1) is 27.2. The van der Waals surface area contributed by atoms with Gasteiger partial charge >= 0.3 is 0 Å². The lowest BCUT2D eigenvalue weighted by Crippen LogP contribution is -2.36. The number of amides is 4. The molecule has 1 fully saturated rings. The Labute approximate surface area is 245 Å². The molecular formula is C31H26N4O6S. The normalized spacial score (nSPS) is 15.1. The zero-order valence-electron chi connectivity index (χ0n) is 22.8. The van der Waals surface area contributed by atoms with Gasteiger partial charge in [0.15, 0.2) is 11.5 Å². The summed E-state index contributed by atoms with van der Waals surface area (Å²) in [7, 11) is 0. The highest BCUT2D eigenvalue weighted by Gasteiger charge is 2.36. The van der Waals surface area contributed by atoms with Gasteiger partial charge in [0.25, 0.3) is 11.1 Å². The molecule has 0 radical (unpaired) electrons. The van der Waals surface area contributed by atoms with Gasteiger partial charge in [-0.2, -0.15) is 0 Å². The van der Waals surface area contributed by atoms with Crippen LogP contribution >= 0.6 is 11.8 Å². The molecule has 0 aliphatic carbocycles. The van der Waals surface area contributed by atoms with E-state index in [-0.39, 0.29) is 24.2 Å². The molecule has 0 saturated carbocycles. The highest BCUT2D eigenvalue weighted by molar-refractivity contribution is 8.18. The van der Waals surface area contributed by atoms with Gasteiger partial charge in [-0.25, -0.2) is 0 Å². The first-order valence-corrected chi connectivity index (χ1v) is 14.0. The second-order valence-electron chi connectivity index (χ2n) is 9.98. The van der Waals surface area contributed by atoms with Crippen LogP contribution in [0.1, 0.15) is 16.7 Å². The SMILES string of the molecule is Cc1ccc(C)c(NC(=O)CN2C(=O)S/C(=C\c3cn(CC(=O)Nc4ccc5c(c4)OCO5)c4ccccc34)C2=O)c1. The number of aryl methyl sites for hydroxylation is 2. The lowest BCUT2D eigenvalue weighted by molar-refractivity contribution is -0.127. The molecule has 0 spiro atoms. The monoisotopic (exact) mass is 582 g/mol. The first-order chi connectivity index (χ1) is 20.2. The van der Waals surface area contributed by atoms with Gasteiger partial charge in [-0.15, -0.1) is 0 Å². The maximum Gasteiger partial charge on any atom is 0.294 e. The van der Waals surface area contributed by atoms with Crippen LogP contribution < -0.4 is 20.1 Å². The standard InChI is InChI=1S/C31H26N4O6S/c1-18-7-8-19(2)23(11-18)33-29(37)16-35-30(38)27(42-31(35)39)12-20-14-34(24-6-4-3-5-22(20)24)15-28(36)32-21-9-10-25-26(13-21)41-17-40-25/h3-14H,15-17H2,1-2H3,(H,32,36)(H,33,37)/b27-12-. The van der Waals surface area contributed by atoms with Gasteiger partial charge in [0.2, 0.25) is 18.6 Å². The maximum atomic E-state index is 13.2. The predicted octanol–water partition coefficient (Wildman–Crippen LogP) is 5.30. The number of benzene rings is 3. The van der Waals surface area contributed by atoms with Crippen LogP contribution in [0.3, 0.4) is 0 Å². The van der Waals surface area contributed by atoms with Gasteiger partial charge in [-0.05, 0) is 67.1 Å². The summed E-state index contributed by atoms with van der Waals surface area (Å²) in [6, 6.07) is 18.3. The van der Waals surface area contributed by atoms with E-state index in [1.807, 2.05) is 56.3 Å². The molecule has 6 rings (SSSR count). The van der Waals surface area contributed by atoms with Crippen LogP contribution in [0.4, 0.5) is 16.2 Å². The summed E-state index contributed by atoms with van der Waals surface area (Å²) in [6.45, 7) is 3.55. The lowest BCUT2D eigenvalue weighted by atomic mass is 10.1. The Hall–Kier alpha value is -5.03. The fourth-order valence-corrected chi connectivity index (χ4v) is 5.66. The molecule has 2 aliphatic heterocycles. The Morgan fingerprint density at radius 3 is 2.57 bits per heavy atom. The number of nitrogens with one attached hydrogen (secondary N) is 2. The molecule has 2 aliphatic rings. The summed E-state index contributed by atoms with van der Waals surface area (Å²) in [6.07, 6.45) is 3.40. The van der Waals surface area contributed by atoms with E-state index in [1.165, 1.54) is 0 Å². The zero-order valence-corrected chi connectivity index (χ0v) is 23.6. The molecule has 4 aromatic rings. The number of hydrogen-bond donors (Lipinski definition) is 2. The molecule has 0 unspecified atom stereocenters. The Kier molecular flexibility index (Phi) is 7.17. The third kappa shape index (κ3) is 5.46. The van der Waals surface area contributed by atoms with Crippen LogP contribution in [-0.4, -0.2) is 45.8 Å². The van der Waals surface area contributed by atoms with E-state index in [2.05, 4.69) is 10.6 Å². The van der Waals surface area contributed by atoms with Crippen molar-refractivity contribution in [2.24, 2.45) is 0 Å². The fourth-order valence-electron chi connectivity index (χ4n) is 4.83. The average Bonchev–Trinajstić information content (AvgIpc) is 3.64. The van der Waals surface area contributed by atoms with Gasteiger partial charge in [-0.1, -0.05) is 30.3 Å². The average molecular weight is 583 g/mol. The molecule has 2 N–H and O–H groups in total. The van der Waals surface area contributed by atoms with Crippen molar-refractivity contribution in [3.05, 3.63) is 88.5 Å². The Morgan fingerprint density at radius 1 is 0.929 bits per heavy atom. The van der Waals surface area contributed by atoms with Crippen LogP contribution in [-0.2, 0) is 20.9 Å². The van der Waals surface area contributed by atoms with Crippen molar-refractivity contribution in [3.8, 4) is 11.5 Å². The maximum absolute atomic E-state index is 13.2. The predicted molar refractivity (Wildman–Crippen MR) is 160 cm³/mol. The Balaban J connectivity index is 1.18. The molecule has 0 atom stereocenters. The highest BCUT2D eigenvalue weighted by atomic mass is 32.2. The molecule has 4 amide bonds. The number of aromatic nitrogens is 1. The van der Waals surface area contributed by atoms with Crippen LogP contribution in [0.25, 0.3) is 17.0 Å². The number of carbonyl (C=O) groups excluding carboxylic acids is 4. The van der Waals surface area contributed by atoms with E-state index in [4.69, 9.17) is 9.47 Å². The molecule has 3 aromatic carbocycles. The number of anilines is 2. The van der Waals surface area contributed by atoms with Crippen LogP contribution in [0.5, 0.6) is 11.5 Å². The number of rotatable bonds is 7. The number of thioether (sulfide) groups is 1. The summed E-state index contributed by atoms with van der Waals surface area (Å²) >= 11 is 0.782. The van der Waals surface area contributed by atoms with Crippen molar-refractivity contribution in [2.75, 3.05) is 24.0 Å². The van der Waals surface area contributed by atoms with E-state index in [1.54, 1.807) is 35.0 Å². The van der Waals surface area contributed by atoms with Crippen LogP contribution in [0.15, 0.2) is 71.8 Å². The van der Waals surface area contributed by atoms with Gasteiger partial charge < -0.3 is 24.7 Å². The number of para-hydroxylation sites is 1. The molecule has 1 aromatic heterocycles. The topological polar surface area (TPSA) is 119 Å². The lowest BCUT2D eigenvalue weighted by Gasteiger charge is -2.14. The summed E-state index contributed by atoms with van der Waals surface area (Å²) in [5.74, 6) is -0.0640. The number of hydrogen-bond acceptors (Lipinski definition) is 7. The molecule has 3 heterocycles. The quantitative estimate of drug-likeness (QED) is 0.284. The molecular weight excluding hydrogens is 556 g/mol. The van der Waals surface area contributed by atoms with Crippen LogP contribution in [0.2, 0.25) is 0 Å².